The molecular formula is C16H20O. The molecule has 0 amide bonds. The van der Waals surface area contributed by atoms with Crippen LogP contribution in [0.1, 0.15) is 36.5 Å². The maximum atomic E-state index is 5.88. The zero-order valence-electron chi connectivity index (χ0n) is 10.3. The van der Waals surface area contributed by atoms with E-state index in [2.05, 4.69) is 37.4 Å². The summed E-state index contributed by atoms with van der Waals surface area (Å²) in [6, 6.07) is 8.77. The van der Waals surface area contributed by atoms with Crippen LogP contribution < -0.4 is 0 Å². The lowest BCUT2D eigenvalue weighted by atomic mass is 10.0. The summed E-state index contributed by atoms with van der Waals surface area (Å²) in [5, 5.41) is 0. The number of hydrogen-bond acceptors (Lipinski definition) is 1. The van der Waals surface area contributed by atoms with Crippen LogP contribution in [0.5, 0.6) is 0 Å². The van der Waals surface area contributed by atoms with Crippen LogP contribution in [0.3, 0.4) is 0 Å². The molecule has 1 aliphatic heterocycles. The van der Waals surface area contributed by atoms with Gasteiger partial charge in [0.15, 0.2) is 0 Å². The van der Waals surface area contributed by atoms with Gasteiger partial charge in [0.25, 0.3) is 0 Å². The molecule has 2 unspecified atom stereocenters. The molecule has 1 heterocycles. The summed E-state index contributed by atoms with van der Waals surface area (Å²) in [5.74, 6) is 0. The Morgan fingerprint density at radius 1 is 1.18 bits per heavy atom. The van der Waals surface area contributed by atoms with Crippen molar-refractivity contribution in [1.82, 2.24) is 0 Å². The van der Waals surface area contributed by atoms with Gasteiger partial charge in [0, 0.05) is 0 Å². The monoisotopic (exact) mass is 228 g/mol. The van der Waals surface area contributed by atoms with Gasteiger partial charge in [-0.2, -0.15) is 0 Å². The van der Waals surface area contributed by atoms with Gasteiger partial charge >= 0.3 is 0 Å². The van der Waals surface area contributed by atoms with Gasteiger partial charge in [-0.1, -0.05) is 36.4 Å². The van der Waals surface area contributed by atoms with Gasteiger partial charge in [-0.25, -0.2) is 0 Å². The Morgan fingerprint density at radius 3 is 2.53 bits per heavy atom. The smallest absolute Gasteiger partial charge is 0.0834 e. The van der Waals surface area contributed by atoms with E-state index in [1.807, 2.05) is 12.2 Å². The normalized spacial score (nSPS) is 23.5. The summed E-state index contributed by atoms with van der Waals surface area (Å²) in [7, 11) is 0. The lowest BCUT2D eigenvalue weighted by molar-refractivity contribution is 0.0713. The molecule has 0 spiro atoms. The molecule has 1 nitrogen and oxygen atoms in total. The van der Waals surface area contributed by atoms with Gasteiger partial charge in [-0.15, -0.1) is 13.2 Å². The molecule has 1 saturated heterocycles. The minimum atomic E-state index is 0.237. The van der Waals surface area contributed by atoms with Crippen molar-refractivity contribution in [2.24, 2.45) is 0 Å². The first kappa shape index (κ1) is 12.1. The molecule has 1 aromatic rings. The second-order valence-corrected chi connectivity index (χ2v) is 4.55. The number of ether oxygens (including phenoxy) is 1. The molecule has 0 saturated carbocycles. The van der Waals surface area contributed by atoms with Gasteiger partial charge in [-0.05, 0) is 36.8 Å². The fourth-order valence-corrected chi connectivity index (χ4v) is 2.25. The third-order valence-electron chi connectivity index (χ3n) is 3.30. The quantitative estimate of drug-likeness (QED) is 0.686. The molecular weight excluding hydrogens is 208 g/mol. The fourth-order valence-electron chi connectivity index (χ4n) is 2.25. The topological polar surface area (TPSA) is 9.23 Å². The van der Waals surface area contributed by atoms with Gasteiger partial charge < -0.3 is 4.74 Å². The van der Waals surface area contributed by atoms with E-state index in [-0.39, 0.29) is 12.2 Å². The molecule has 1 fully saturated rings. The molecule has 0 aromatic heterocycles. The van der Waals surface area contributed by atoms with Gasteiger partial charge in [0.2, 0.25) is 0 Å². The Balaban J connectivity index is 1.98. The highest BCUT2D eigenvalue weighted by Crippen LogP contribution is 2.33. The maximum absolute atomic E-state index is 5.88. The van der Waals surface area contributed by atoms with Crippen LogP contribution in [-0.4, -0.2) is 6.10 Å². The Labute approximate surface area is 104 Å². The number of rotatable bonds is 5. The van der Waals surface area contributed by atoms with Crippen molar-refractivity contribution in [2.45, 2.75) is 37.9 Å². The van der Waals surface area contributed by atoms with Crippen LogP contribution in [0.15, 0.2) is 49.6 Å². The average molecular weight is 228 g/mol. The van der Waals surface area contributed by atoms with Crippen molar-refractivity contribution < 1.29 is 4.74 Å². The van der Waals surface area contributed by atoms with E-state index in [1.54, 1.807) is 0 Å². The predicted molar refractivity (Wildman–Crippen MR) is 72.0 cm³/mol. The summed E-state index contributed by atoms with van der Waals surface area (Å²) in [5.41, 5.74) is 2.66. The number of hydrogen-bond donors (Lipinski definition) is 0. The van der Waals surface area contributed by atoms with E-state index in [0.717, 1.165) is 25.7 Å². The second kappa shape index (κ2) is 5.83. The van der Waals surface area contributed by atoms with Gasteiger partial charge in [0.1, 0.15) is 0 Å². The Kier molecular flexibility index (Phi) is 4.16. The van der Waals surface area contributed by atoms with Crippen LogP contribution >= 0.6 is 0 Å². The third-order valence-corrected chi connectivity index (χ3v) is 3.30. The van der Waals surface area contributed by atoms with Crippen LogP contribution in [0.4, 0.5) is 0 Å². The third kappa shape index (κ3) is 3.07. The molecule has 0 N–H and O–H groups in total. The molecule has 1 heteroatoms. The average Bonchev–Trinajstić information content (AvgIpc) is 2.86. The standard InChI is InChI=1S/C16H20O/c1-3-5-6-13-7-9-14(10-8-13)16-12-11-15(4-2)17-16/h3-4,7-10,15-16H,1-2,5-6,11-12H2. The number of allylic oxidation sites excluding steroid dienone is 1. The van der Waals surface area contributed by atoms with Crippen LogP contribution in [0.25, 0.3) is 0 Å². The summed E-state index contributed by atoms with van der Waals surface area (Å²) < 4.78 is 5.88. The van der Waals surface area contributed by atoms with E-state index < -0.39 is 0 Å². The van der Waals surface area contributed by atoms with E-state index in [0.29, 0.717) is 0 Å². The largest absolute Gasteiger partial charge is 0.366 e. The zero-order chi connectivity index (χ0) is 12.1. The first-order valence-corrected chi connectivity index (χ1v) is 6.31. The highest BCUT2D eigenvalue weighted by molar-refractivity contribution is 5.25. The second-order valence-electron chi connectivity index (χ2n) is 4.55. The SMILES string of the molecule is C=CCCc1ccc(C2CCC(C=C)O2)cc1. The van der Waals surface area contributed by atoms with Crippen molar-refractivity contribution in [2.75, 3.05) is 0 Å². The minimum absolute atomic E-state index is 0.237. The molecule has 17 heavy (non-hydrogen) atoms. The van der Waals surface area contributed by atoms with Gasteiger partial charge in [0.05, 0.1) is 12.2 Å². The molecule has 0 radical (unpaired) electrons. The first-order valence-electron chi connectivity index (χ1n) is 6.31. The van der Waals surface area contributed by atoms with Crippen molar-refractivity contribution in [3.05, 3.63) is 60.7 Å². The van der Waals surface area contributed by atoms with Crippen LogP contribution in [0.2, 0.25) is 0 Å². The molecule has 2 rings (SSSR count). The first-order chi connectivity index (χ1) is 8.33. The van der Waals surface area contributed by atoms with Crippen molar-refractivity contribution in [3.63, 3.8) is 0 Å². The highest BCUT2D eigenvalue weighted by Gasteiger charge is 2.23. The minimum Gasteiger partial charge on any atom is -0.366 e. The lowest BCUT2D eigenvalue weighted by Crippen LogP contribution is -2.02. The molecule has 0 bridgehead atoms. The number of aryl methyl sites for hydroxylation is 1. The summed E-state index contributed by atoms with van der Waals surface area (Å²) in [6.07, 6.45) is 8.66. The number of benzene rings is 1. The molecule has 1 aliphatic rings. The van der Waals surface area contributed by atoms with E-state index in [4.69, 9.17) is 4.74 Å². The zero-order valence-corrected chi connectivity index (χ0v) is 10.3. The van der Waals surface area contributed by atoms with Gasteiger partial charge in [-0.3, -0.25) is 0 Å². The van der Waals surface area contributed by atoms with Crippen molar-refractivity contribution >= 4 is 0 Å². The van der Waals surface area contributed by atoms with Crippen molar-refractivity contribution in [1.29, 1.82) is 0 Å². The molecule has 2 atom stereocenters. The lowest BCUT2D eigenvalue weighted by Gasteiger charge is -2.12. The predicted octanol–water partition coefficient (Wildman–Crippen LogP) is 4.21. The van der Waals surface area contributed by atoms with E-state index >= 15 is 0 Å². The Hall–Kier alpha value is -1.34. The summed E-state index contributed by atoms with van der Waals surface area (Å²) in [6.45, 7) is 7.53. The summed E-state index contributed by atoms with van der Waals surface area (Å²) >= 11 is 0. The van der Waals surface area contributed by atoms with Crippen molar-refractivity contribution in [3.8, 4) is 0 Å². The Morgan fingerprint density at radius 2 is 1.94 bits per heavy atom. The van der Waals surface area contributed by atoms with Crippen LogP contribution in [-0.2, 0) is 11.2 Å². The molecule has 1 aromatic carbocycles. The Bertz CT molecular complexity index is 377. The van der Waals surface area contributed by atoms with E-state index in [1.165, 1.54) is 11.1 Å². The van der Waals surface area contributed by atoms with Crippen LogP contribution in [0, 0.1) is 0 Å². The summed E-state index contributed by atoms with van der Waals surface area (Å²) in [4.78, 5) is 0. The van der Waals surface area contributed by atoms with E-state index in [9.17, 15) is 0 Å². The molecule has 0 aliphatic carbocycles. The maximum Gasteiger partial charge on any atom is 0.0834 e. The highest BCUT2D eigenvalue weighted by atomic mass is 16.5. The fraction of sp³-hybridized carbons (Fsp3) is 0.375. The molecule has 90 valence electrons.